The van der Waals surface area contributed by atoms with E-state index >= 15 is 0 Å². The third kappa shape index (κ3) is 5.17. The van der Waals surface area contributed by atoms with Gasteiger partial charge in [0.05, 0.1) is 0 Å². The quantitative estimate of drug-likeness (QED) is 0.732. The number of hydrogen-bond donors (Lipinski definition) is 1. The van der Waals surface area contributed by atoms with Gasteiger partial charge in [0, 0.05) is 41.1 Å². The van der Waals surface area contributed by atoms with Crippen LogP contribution in [-0.2, 0) is 6.54 Å². The summed E-state index contributed by atoms with van der Waals surface area (Å²) in [6.07, 6.45) is 0. The Labute approximate surface area is 128 Å². The van der Waals surface area contributed by atoms with Gasteiger partial charge >= 0.3 is 0 Å². The molecule has 0 bridgehead atoms. The van der Waals surface area contributed by atoms with Gasteiger partial charge in [0.1, 0.15) is 4.34 Å². The third-order valence-corrected chi connectivity index (χ3v) is 5.34. The Morgan fingerprint density at radius 3 is 2.39 bits per heavy atom. The largest absolute Gasteiger partial charge is 0.311 e. The first-order valence-corrected chi connectivity index (χ1v) is 8.30. The molecule has 1 rings (SSSR count). The van der Waals surface area contributed by atoms with Gasteiger partial charge in [-0.15, -0.1) is 11.3 Å². The number of halogens is 2. The van der Waals surface area contributed by atoms with E-state index < -0.39 is 0 Å². The van der Waals surface area contributed by atoms with E-state index in [0.29, 0.717) is 12.1 Å². The van der Waals surface area contributed by atoms with Gasteiger partial charge in [-0.1, -0.05) is 11.6 Å². The molecule has 0 saturated heterocycles. The highest BCUT2D eigenvalue weighted by molar-refractivity contribution is 9.10. The lowest BCUT2D eigenvalue weighted by atomic mass is 10.2. The molecule has 0 saturated carbocycles. The Morgan fingerprint density at radius 1 is 1.33 bits per heavy atom. The van der Waals surface area contributed by atoms with Crippen molar-refractivity contribution in [3.05, 3.63) is 19.8 Å². The van der Waals surface area contributed by atoms with Crippen LogP contribution in [0, 0.1) is 0 Å². The van der Waals surface area contributed by atoms with Gasteiger partial charge < -0.3 is 5.32 Å². The van der Waals surface area contributed by atoms with Gasteiger partial charge in [0.25, 0.3) is 0 Å². The highest BCUT2D eigenvalue weighted by atomic mass is 79.9. The molecule has 0 aliphatic heterocycles. The fourth-order valence-electron chi connectivity index (χ4n) is 2.01. The van der Waals surface area contributed by atoms with E-state index in [2.05, 4.69) is 59.9 Å². The molecule has 0 radical (unpaired) electrons. The average Bonchev–Trinajstić information content (AvgIpc) is 2.57. The molecule has 0 unspecified atom stereocenters. The van der Waals surface area contributed by atoms with Crippen molar-refractivity contribution in [2.24, 2.45) is 0 Å². The molecule has 0 spiro atoms. The highest BCUT2D eigenvalue weighted by Crippen LogP contribution is 2.31. The zero-order chi connectivity index (χ0) is 13.7. The SMILES string of the molecule is CC(C)N(CCNCc1cc(Br)c(Cl)s1)C(C)C. The predicted molar refractivity (Wildman–Crippen MR) is 85.7 cm³/mol. The summed E-state index contributed by atoms with van der Waals surface area (Å²) in [6, 6.07) is 3.28. The molecule has 0 aliphatic rings. The van der Waals surface area contributed by atoms with Crippen molar-refractivity contribution >= 4 is 38.9 Å². The van der Waals surface area contributed by atoms with Gasteiger partial charge in [-0.2, -0.15) is 0 Å². The van der Waals surface area contributed by atoms with Crippen molar-refractivity contribution in [3.63, 3.8) is 0 Å². The topological polar surface area (TPSA) is 15.3 Å². The lowest BCUT2D eigenvalue weighted by Crippen LogP contribution is -2.41. The van der Waals surface area contributed by atoms with Crippen LogP contribution in [-0.4, -0.2) is 30.1 Å². The van der Waals surface area contributed by atoms with E-state index in [1.54, 1.807) is 11.3 Å². The van der Waals surface area contributed by atoms with E-state index in [9.17, 15) is 0 Å². The first-order chi connectivity index (χ1) is 8.41. The lowest BCUT2D eigenvalue weighted by molar-refractivity contribution is 0.176. The molecule has 1 aromatic rings. The molecule has 0 aliphatic carbocycles. The second kappa shape index (κ2) is 7.85. The van der Waals surface area contributed by atoms with Crippen LogP contribution in [0.4, 0.5) is 0 Å². The number of rotatable bonds is 7. The van der Waals surface area contributed by atoms with E-state index in [1.165, 1.54) is 4.88 Å². The minimum Gasteiger partial charge on any atom is -0.311 e. The smallest absolute Gasteiger partial charge is 0.107 e. The van der Waals surface area contributed by atoms with Crippen LogP contribution in [0.15, 0.2) is 10.5 Å². The Balaban J connectivity index is 2.29. The molecule has 0 atom stereocenters. The van der Waals surface area contributed by atoms with Crippen molar-refractivity contribution < 1.29 is 0 Å². The molecule has 0 amide bonds. The zero-order valence-corrected chi connectivity index (χ0v) is 14.6. The zero-order valence-electron chi connectivity index (χ0n) is 11.5. The number of hydrogen-bond acceptors (Lipinski definition) is 3. The van der Waals surface area contributed by atoms with Crippen LogP contribution in [0.1, 0.15) is 32.6 Å². The Kier molecular flexibility index (Phi) is 7.17. The Bertz CT molecular complexity index is 338. The fourth-order valence-corrected chi connectivity index (χ4v) is 3.77. The summed E-state index contributed by atoms with van der Waals surface area (Å²) in [4.78, 5) is 3.76. The van der Waals surface area contributed by atoms with Crippen molar-refractivity contribution in [2.75, 3.05) is 13.1 Å². The molecule has 104 valence electrons. The van der Waals surface area contributed by atoms with Gasteiger partial charge in [-0.3, -0.25) is 4.90 Å². The minimum absolute atomic E-state index is 0.595. The highest BCUT2D eigenvalue weighted by Gasteiger charge is 2.12. The lowest BCUT2D eigenvalue weighted by Gasteiger charge is -2.30. The summed E-state index contributed by atoms with van der Waals surface area (Å²) >= 11 is 11.1. The van der Waals surface area contributed by atoms with Crippen LogP contribution in [0.5, 0.6) is 0 Å². The second-order valence-electron chi connectivity index (χ2n) is 4.94. The number of nitrogens with zero attached hydrogens (tertiary/aromatic N) is 1. The summed E-state index contributed by atoms with van der Waals surface area (Å²) in [5.74, 6) is 0. The van der Waals surface area contributed by atoms with Gasteiger partial charge in [0.2, 0.25) is 0 Å². The molecule has 1 aromatic heterocycles. The standard InChI is InChI=1S/C13H22BrClN2S/c1-9(2)17(10(3)4)6-5-16-8-11-7-12(14)13(15)18-11/h7,9-10,16H,5-6,8H2,1-4H3. The Hall–Kier alpha value is 0.390. The minimum atomic E-state index is 0.595. The average molecular weight is 354 g/mol. The first-order valence-electron chi connectivity index (χ1n) is 6.32. The van der Waals surface area contributed by atoms with Gasteiger partial charge in [-0.25, -0.2) is 0 Å². The van der Waals surface area contributed by atoms with Crippen LogP contribution in [0.25, 0.3) is 0 Å². The van der Waals surface area contributed by atoms with Crippen molar-refractivity contribution in [1.82, 2.24) is 10.2 Å². The summed E-state index contributed by atoms with van der Waals surface area (Å²) in [5, 5.41) is 3.47. The normalized spacial score (nSPS) is 12.1. The predicted octanol–water partition coefficient (Wildman–Crippen LogP) is 4.37. The van der Waals surface area contributed by atoms with Crippen molar-refractivity contribution in [1.29, 1.82) is 0 Å². The second-order valence-corrected chi connectivity index (χ2v) is 7.53. The van der Waals surface area contributed by atoms with Crippen molar-refractivity contribution in [3.8, 4) is 0 Å². The van der Waals surface area contributed by atoms with Crippen LogP contribution in [0.2, 0.25) is 4.34 Å². The van der Waals surface area contributed by atoms with Gasteiger partial charge in [0.15, 0.2) is 0 Å². The molecule has 18 heavy (non-hydrogen) atoms. The summed E-state index contributed by atoms with van der Waals surface area (Å²) < 4.78 is 1.83. The van der Waals surface area contributed by atoms with Crippen LogP contribution in [0.3, 0.4) is 0 Å². The number of nitrogens with one attached hydrogen (secondary N) is 1. The summed E-state index contributed by atoms with van der Waals surface area (Å²) in [5.41, 5.74) is 0. The third-order valence-electron chi connectivity index (χ3n) is 2.87. The van der Waals surface area contributed by atoms with E-state index in [4.69, 9.17) is 11.6 Å². The maximum atomic E-state index is 6.01. The maximum Gasteiger partial charge on any atom is 0.107 e. The summed E-state index contributed by atoms with van der Waals surface area (Å²) in [6.45, 7) is 12.0. The molecule has 0 aromatic carbocycles. The first kappa shape index (κ1) is 16.4. The summed E-state index contributed by atoms with van der Waals surface area (Å²) in [7, 11) is 0. The maximum absolute atomic E-state index is 6.01. The van der Waals surface area contributed by atoms with E-state index in [1.807, 2.05) is 0 Å². The van der Waals surface area contributed by atoms with E-state index in [-0.39, 0.29) is 0 Å². The monoisotopic (exact) mass is 352 g/mol. The molecule has 0 fully saturated rings. The van der Waals surface area contributed by atoms with Crippen molar-refractivity contribution in [2.45, 2.75) is 46.3 Å². The molecule has 1 N–H and O–H groups in total. The van der Waals surface area contributed by atoms with Gasteiger partial charge in [-0.05, 0) is 49.7 Å². The van der Waals surface area contributed by atoms with Crippen LogP contribution >= 0.6 is 38.9 Å². The molecular weight excluding hydrogens is 332 g/mol. The fraction of sp³-hybridized carbons (Fsp3) is 0.692. The molecule has 1 heterocycles. The molecule has 2 nitrogen and oxygen atoms in total. The van der Waals surface area contributed by atoms with Crippen LogP contribution < -0.4 is 5.32 Å². The molecular formula is C13H22BrClN2S. The molecule has 5 heteroatoms. The van der Waals surface area contributed by atoms with E-state index in [0.717, 1.165) is 28.4 Å². The Morgan fingerprint density at radius 2 is 1.94 bits per heavy atom. The number of thiophene rings is 1.